The number of thiol groups is 1. The lowest BCUT2D eigenvalue weighted by Crippen LogP contribution is -2.51. The van der Waals surface area contributed by atoms with Gasteiger partial charge in [0.2, 0.25) is 11.8 Å². The van der Waals surface area contributed by atoms with E-state index in [9.17, 15) is 9.59 Å². The van der Waals surface area contributed by atoms with Crippen LogP contribution in [-0.4, -0.2) is 40.7 Å². The lowest BCUT2D eigenvalue weighted by Gasteiger charge is -2.32. The zero-order valence-electron chi connectivity index (χ0n) is 18.0. The monoisotopic (exact) mass is 513 g/mol. The van der Waals surface area contributed by atoms with E-state index in [0.29, 0.717) is 25.3 Å². The summed E-state index contributed by atoms with van der Waals surface area (Å²) in [7, 11) is 0. The Morgan fingerprint density at radius 1 is 1.03 bits per heavy atom. The zero-order valence-corrected chi connectivity index (χ0v) is 20.4. The highest BCUT2D eigenvalue weighted by molar-refractivity contribution is 9.10. The van der Waals surface area contributed by atoms with Crippen LogP contribution in [0.2, 0.25) is 0 Å². The van der Waals surface area contributed by atoms with E-state index in [1.54, 1.807) is 0 Å². The fraction of sp³-hybridized carbons (Fsp3) is 0.440. The molecule has 0 aromatic heterocycles. The van der Waals surface area contributed by atoms with Gasteiger partial charge in [0, 0.05) is 24.0 Å². The van der Waals surface area contributed by atoms with Crippen LogP contribution in [0.5, 0.6) is 0 Å². The van der Waals surface area contributed by atoms with Crippen LogP contribution >= 0.6 is 28.6 Å². The molecule has 3 aliphatic rings. The van der Waals surface area contributed by atoms with Crippen LogP contribution in [0.1, 0.15) is 59.2 Å². The molecule has 2 atom stereocenters. The minimum absolute atomic E-state index is 0.107. The van der Waals surface area contributed by atoms with Crippen molar-refractivity contribution in [3.63, 3.8) is 0 Å². The first kappa shape index (κ1) is 22.1. The van der Waals surface area contributed by atoms with Gasteiger partial charge in [0.1, 0.15) is 0 Å². The van der Waals surface area contributed by atoms with Gasteiger partial charge in [-0.3, -0.25) is 24.7 Å². The SMILES string of the molecule is O=C1CCC(N2Cc3cc(CN4CCC(c5ccc(Br)cc5)CC4)ccc3C2S)C(=O)N1. The number of benzene rings is 2. The number of hydrogen-bond acceptors (Lipinski definition) is 5. The summed E-state index contributed by atoms with van der Waals surface area (Å²) in [5.41, 5.74) is 5.18. The lowest BCUT2D eigenvalue weighted by atomic mass is 9.89. The van der Waals surface area contributed by atoms with Crippen LogP contribution in [0.4, 0.5) is 0 Å². The molecule has 0 bridgehead atoms. The van der Waals surface area contributed by atoms with E-state index in [4.69, 9.17) is 12.6 Å². The summed E-state index contributed by atoms with van der Waals surface area (Å²) in [6, 6.07) is 15.1. The quantitative estimate of drug-likeness (QED) is 0.470. The topological polar surface area (TPSA) is 52.7 Å². The highest BCUT2D eigenvalue weighted by atomic mass is 79.9. The van der Waals surface area contributed by atoms with E-state index in [-0.39, 0.29) is 23.2 Å². The molecule has 168 valence electrons. The Balaban J connectivity index is 1.20. The van der Waals surface area contributed by atoms with Gasteiger partial charge in [-0.15, -0.1) is 0 Å². The molecule has 0 aliphatic carbocycles. The minimum Gasteiger partial charge on any atom is -0.299 e. The van der Waals surface area contributed by atoms with Gasteiger partial charge in [0.05, 0.1) is 11.4 Å². The maximum atomic E-state index is 12.3. The summed E-state index contributed by atoms with van der Waals surface area (Å²) in [5.74, 6) is 0.276. The predicted molar refractivity (Wildman–Crippen MR) is 131 cm³/mol. The first-order valence-corrected chi connectivity index (χ1v) is 12.7. The Morgan fingerprint density at radius 2 is 1.78 bits per heavy atom. The van der Waals surface area contributed by atoms with Crippen molar-refractivity contribution < 1.29 is 9.59 Å². The molecule has 2 fully saturated rings. The average molecular weight is 514 g/mol. The molecule has 2 unspecified atom stereocenters. The van der Waals surface area contributed by atoms with Crippen LogP contribution in [0.3, 0.4) is 0 Å². The van der Waals surface area contributed by atoms with E-state index in [1.807, 2.05) is 0 Å². The van der Waals surface area contributed by atoms with E-state index >= 15 is 0 Å². The summed E-state index contributed by atoms with van der Waals surface area (Å²) >= 11 is 8.33. The maximum absolute atomic E-state index is 12.3. The normalized spacial score (nSPS) is 25.1. The van der Waals surface area contributed by atoms with E-state index in [0.717, 1.165) is 24.1 Å². The molecule has 2 amide bonds. The third-order valence-electron chi connectivity index (χ3n) is 7.10. The molecule has 5 nitrogen and oxygen atoms in total. The largest absolute Gasteiger partial charge is 0.299 e. The third-order valence-corrected chi connectivity index (χ3v) is 8.20. The molecule has 2 saturated heterocycles. The summed E-state index contributed by atoms with van der Waals surface area (Å²) in [5, 5.41) is 2.37. The molecular weight excluding hydrogens is 486 g/mol. The van der Waals surface area contributed by atoms with Gasteiger partial charge in [-0.1, -0.05) is 46.3 Å². The van der Waals surface area contributed by atoms with Crippen molar-refractivity contribution in [1.29, 1.82) is 0 Å². The number of nitrogens with zero attached hydrogens (tertiary/aromatic N) is 2. The van der Waals surface area contributed by atoms with Crippen molar-refractivity contribution >= 4 is 40.4 Å². The Bertz CT molecular complexity index is 1020. The second kappa shape index (κ2) is 9.29. The number of hydrogen-bond donors (Lipinski definition) is 2. The second-order valence-electron chi connectivity index (χ2n) is 9.15. The van der Waals surface area contributed by atoms with Crippen molar-refractivity contribution in [2.45, 2.75) is 56.1 Å². The van der Waals surface area contributed by atoms with Gasteiger partial charge < -0.3 is 0 Å². The molecular formula is C25H28BrN3O2S. The first-order valence-electron chi connectivity index (χ1n) is 11.3. The molecule has 3 heterocycles. The van der Waals surface area contributed by atoms with Gasteiger partial charge >= 0.3 is 0 Å². The number of carbonyl (C=O) groups is 2. The van der Waals surface area contributed by atoms with E-state index < -0.39 is 0 Å². The van der Waals surface area contributed by atoms with Gasteiger partial charge in [-0.2, -0.15) is 12.6 Å². The Kier molecular flexibility index (Phi) is 6.43. The van der Waals surface area contributed by atoms with Crippen LogP contribution in [0, 0.1) is 0 Å². The number of nitrogens with one attached hydrogen (secondary N) is 1. The number of piperidine rings is 2. The number of carbonyl (C=O) groups excluding carboxylic acids is 2. The van der Waals surface area contributed by atoms with Crippen molar-refractivity contribution in [2.24, 2.45) is 0 Å². The predicted octanol–water partition coefficient (Wildman–Crippen LogP) is 4.38. The first-order chi connectivity index (χ1) is 15.5. The molecule has 7 heteroatoms. The number of amides is 2. The van der Waals surface area contributed by atoms with Crippen LogP contribution in [0.25, 0.3) is 0 Å². The summed E-state index contributed by atoms with van der Waals surface area (Å²) in [6.07, 6.45) is 3.34. The second-order valence-corrected chi connectivity index (χ2v) is 10.6. The van der Waals surface area contributed by atoms with E-state index in [1.165, 1.54) is 35.1 Å². The van der Waals surface area contributed by atoms with Gasteiger partial charge in [0.15, 0.2) is 0 Å². The van der Waals surface area contributed by atoms with Crippen molar-refractivity contribution in [3.8, 4) is 0 Å². The lowest BCUT2D eigenvalue weighted by molar-refractivity contribution is -0.137. The number of halogens is 1. The van der Waals surface area contributed by atoms with Crippen molar-refractivity contribution in [2.75, 3.05) is 13.1 Å². The van der Waals surface area contributed by atoms with Crippen molar-refractivity contribution in [1.82, 2.24) is 15.1 Å². The molecule has 3 aliphatic heterocycles. The van der Waals surface area contributed by atoms with Crippen LogP contribution in [0.15, 0.2) is 46.9 Å². The molecule has 0 radical (unpaired) electrons. The molecule has 1 N–H and O–H groups in total. The van der Waals surface area contributed by atoms with Gasteiger partial charge in [0.25, 0.3) is 0 Å². The summed E-state index contributed by atoms with van der Waals surface area (Å²) < 4.78 is 1.13. The maximum Gasteiger partial charge on any atom is 0.243 e. The molecule has 5 rings (SSSR count). The van der Waals surface area contributed by atoms with E-state index in [2.05, 4.69) is 73.5 Å². The highest BCUT2D eigenvalue weighted by Gasteiger charge is 2.39. The Hall–Kier alpha value is -1.67. The number of fused-ring (bicyclic) bond motifs is 1. The smallest absolute Gasteiger partial charge is 0.243 e. The zero-order chi connectivity index (χ0) is 22.2. The highest BCUT2D eigenvalue weighted by Crippen LogP contribution is 2.40. The summed E-state index contributed by atoms with van der Waals surface area (Å²) in [6.45, 7) is 3.87. The average Bonchev–Trinajstić information content (AvgIpc) is 3.10. The Morgan fingerprint density at radius 3 is 2.50 bits per heavy atom. The van der Waals surface area contributed by atoms with Crippen molar-refractivity contribution in [3.05, 3.63) is 69.2 Å². The Labute approximate surface area is 203 Å². The number of imide groups is 1. The molecule has 2 aromatic rings. The van der Waals surface area contributed by atoms with Crippen LogP contribution < -0.4 is 5.32 Å². The fourth-order valence-electron chi connectivity index (χ4n) is 5.30. The molecule has 0 saturated carbocycles. The summed E-state index contributed by atoms with van der Waals surface area (Å²) in [4.78, 5) is 28.5. The van der Waals surface area contributed by atoms with Gasteiger partial charge in [-0.25, -0.2) is 0 Å². The fourth-order valence-corrected chi connectivity index (χ4v) is 6.06. The third kappa shape index (κ3) is 4.53. The molecule has 32 heavy (non-hydrogen) atoms. The number of rotatable bonds is 4. The van der Waals surface area contributed by atoms with Gasteiger partial charge in [-0.05, 0) is 72.7 Å². The minimum atomic E-state index is -0.288. The standard InChI is InChI=1S/C25H28BrN3O2S/c26-20-4-2-17(3-5-20)18-9-11-28(12-10-18)14-16-1-6-21-19(13-16)15-29(25(21)32)22-7-8-23(30)27-24(22)31/h1-6,13,18,22,25,32H,7-12,14-15H2,(H,27,30,31). The molecule has 0 spiro atoms. The number of likely N-dealkylation sites (tertiary alicyclic amines) is 1. The molecule has 2 aromatic carbocycles. The van der Waals surface area contributed by atoms with Crippen LogP contribution in [-0.2, 0) is 22.7 Å².